The predicted molar refractivity (Wildman–Crippen MR) is 102 cm³/mol. The molecule has 1 heterocycles. The zero-order chi connectivity index (χ0) is 19.4. The molecule has 0 aliphatic carbocycles. The van der Waals surface area contributed by atoms with Gasteiger partial charge in [-0.15, -0.1) is 0 Å². The van der Waals surface area contributed by atoms with Crippen molar-refractivity contribution in [1.82, 2.24) is 4.57 Å². The molecule has 5 nitrogen and oxygen atoms in total. The molecule has 140 valence electrons. The van der Waals surface area contributed by atoms with Crippen LogP contribution in [-0.4, -0.2) is 23.1 Å². The SMILES string of the molecule is CCOC(=O)CCn1c(=NC(=O)c2ccccc2F)sc2cc(Cl)ccc21. The average molecular weight is 407 g/mol. The fourth-order valence-electron chi connectivity index (χ4n) is 2.57. The van der Waals surface area contributed by atoms with Crippen LogP contribution in [0.15, 0.2) is 47.5 Å². The number of halogens is 2. The maximum atomic E-state index is 13.9. The second-order valence-corrected chi connectivity index (χ2v) is 7.05. The van der Waals surface area contributed by atoms with E-state index in [0.717, 1.165) is 10.2 Å². The van der Waals surface area contributed by atoms with Crippen molar-refractivity contribution in [3.63, 3.8) is 0 Å². The Labute approximate surface area is 163 Å². The number of hydrogen-bond donors (Lipinski definition) is 0. The van der Waals surface area contributed by atoms with E-state index in [2.05, 4.69) is 4.99 Å². The van der Waals surface area contributed by atoms with Gasteiger partial charge in [-0.1, -0.05) is 35.1 Å². The Bertz CT molecular complexity index is 1070. The number of esters is 1. The summed E-state index contributed by atoms with van der Waals surface area (Å²) in [6.45, 7) is 2.32. The molecule has 0 spiro atoms. The molecule has 0 bridgehead atoms. The van der Waals surface area contributed by atoms with E-state index in [1.54, 1.807) is 35.8 Å². The molecule has 0 saturated heterocycles. The van der Waals surface area contributed by atoms with Crippen molar-refractivity contribution in [2.75, 3.05) is 6.61 Å². The van der Waals surface area contributed by atoms with Crippen molar-refractivity contribution >= 4 is 45.0 Å². The van der Waals surface area contributed by atoms with E-state index in [1.807, 2.05) is 0 Å². The molecule has 0 radical (unpaired) electrons. The quantitative estimate of drug-likeness (QED) is 0.597. The van der Waals surface area contributed by atoms with Gasteiger partial charge in [-0.2, -0.15) is 4.99 Å². The Morgan fingerprint density at radius 1 is 1.26 bits per heavy atom. The molecule has 0 saturated carbocycles. The van der Waals surface area contributed by atoms with Crippen molar-refractivity contribution in [1.29, 1.82) is 0 Å². The molecule has 1 aromatic heterocycles. The molecule has 0 N–H and O–H groups in total. The second-order valence-electron chi connectivity index (χ2n) is 5.60. The molecule has 0 unspecified atom stereocenters. The van der Waals surface area contributed by atoms with Crippen LogP contribution >= 0.6 is 22.9 Å². The normalized spacial score (nSPS) is 11.7. The number of carbonyl (C=O) groups is 2. The van der Waals surface area contributed by atoms with Gasteiger partial charge in [0.25, 0.3) is 5.91 Å². The first-order chi connectivity index (χ1) is 13.0. The van der Waals surface area contributed by atoms with Gasteiger partial charge in [0.1, 0.15) is 5.82 Å². The molecular formula is C19H16ClFN2O3S. The summed E-state index contributed by atoms with van der Waals surface area (Å²) < 4.78 is 21.4. The summed E-state index contributed by atoms with van der Waals surface area (Å²) in [6, 6.07) is 11.0. The number of ether oxygens (including phenoxy) is 1. The van der Waals surface area contributed by atoms with E-state index in [-0.39, 0.29) is 24.5 Å². The standard InChI is InChI=1S/C19H16ClFN2O3S/c1-2-26-17(24)9-10-23-15-8-7-12(20)11-16(15)27-19(23)22-18(25)13-5-3-4-6-14(13)21/h3-8,11H,2,9-10H2,1H3. The first kappa shape index (κ1) is 19.3. The van der Waals surface area contributed by atoms with Gasteiger partial charge in [0, 0.05) is 11.6 Å². The molecule has 0 atom stereocenters. The number of aromatic nitrogens is 1. The lowest BCUT2D eigenvalue weighted by Crippen LogP contribution is -2.19. The topological polar surface area (TPSA) is 60.7 Å². The van der Waals surface area contributed by atoms with Crippen molar-refractivity contribution in [2.45, 2.75) is 19.9 Å². The Morgan fingerprint density at radius 3 is 2.78 bits per heavy atom. The van der Waals surface area contributed by atoms with Crippen LogP contribution in [-0.2, 0) is 16.1 Å². The van der Waals surface area contributed by atoms with Crippen LogP contribution in [0.2, 0.25) is 5.02 Å². The Kier molecular flexibility index (Phi) is 6.03. The number of hydrogen-bond acceptors (Lipinski definition) is 4. The Morgan fingerprint density at radius 2 is 2.04 bits per heavy atom. The number of nitrogens with zero attached hydrogens (tertiary/aromatic N) is 2. The molecular weight excluding hydrogens is 391 g/mol. The monoisotopic (exact) mass is 406 g/mol. The number of aryl methyl sites for hydroxylation is 1. The third kappa shape index (κ3) is 4.43. The summed E-state index contributed by atoms with van der Waals surface area (Å²) >= 11 is 7.30. The van der Waals surface area contributed by atoms with E-state index < -0.39 is 11.7 Å². The number of thiazole rings is 1. The minimum absolute atomic E-state index is 0.107. The van der Waals surface area contributed by atoms with Gasteiger partial charge in [-0.3, -0.25) is 9.59 Å². The van der Waals surface area contributed by atoms with Crippen LogP contribution in [0.3, 0.4) is 0 Å². The first-order valence-corrected chi connectivity index (χ1v) is 9.47. The third-order valence-electron chi connectivity index (χ3n) is 3.79. The van der Waals surface area contributed by atoms with Gasteiger partial charge in [0.05, 0.1) is 28.8 Å². The van der Waals surface area contributed by atoms with E-state index in [9.17, 15) is 14.0 Å². The fourth-order valence-corrected chi connectivity index (χ4v) is 3.90. The summed E-state index contributed by atoms with van der Waals surface area (Å²) in [6.07, 6.45) is 0.128. The third-order valence-corrected chi connectivity index (χ3v) is 5.07. The molecule has 0 fully saturated rings. The minimum atomic E-state index is -0.685. The molecule has 1 amide bonds. The van der Waals surface area contributed by atoms with Crippen molar-refractivity contribution < 1.29 is 18.7 Å². The largest absolute Gasteiger partial charge is 0.466 e. The van der Waals surface area contributed by atoms with Crippen LogP contribution in [0.5, 0.6) is 0 Å². The molecule has 0 aliphatic heterocycles. The summed E-state index contributed by atoms with van der Waals surface area (Å²) in [5, 5.41) is 0.549. The van der Waals surface area contributed by atoms with Crippen molar-refractivity contribution in [3.8, 4) is 0 Å². The zero-order valence-electron chi connectivity index (χ0n) is 14.4. The average Bonchev–Trinajstić information content (AvgIpc) is 2.96. The lowest BCUT2D eigenvalue weighted by atomic mass is 10.2. The summed E-state index contributed by atoms with van der Waals surface area (Å²) in [5.74, 6) is -1.66. The van der Waals surface area contributed by atoms with Gasteiger partial charge >= 0.3 is 5.97 Å². The number of fused-ring (bicyclic) bond motifs is 1. The highest BCUT2D eigenvalue weighted by Crippen LogP contribution is 2.22. The van der Waals surface area contributed by atoms with Gasteiger partial charge in [-0.25, -0.2) is 4.39 Å². The molecule has 3 rings (SSSR count). The van der Waals surface area contributed by atoms with Gasteiger partial charge in [0.2, 0.25) is 0 Å². The highest BCUT2D eigenvalue weighted by molar-refractivity contribution is 7.16. The van der Waals surface area contributed by atoms with Gasteiger partial charge in [0.15, 0.2) is 4.80 Å². The Hall–Kier alpha value is -2.51. The maximum absolute atomic E-state index is 13.9. The predicted octanol–water partition coefficient (Wildman–Crippen LogP) is 4.19. The van der Waals surface area contributed by atoms with Crippen molar-refractivity contribution in [3.05, 3.63) is 63.7 Å². The first-order valence-electron chi connectivity index (χ1n) is 8.27. The molecule has 2 aromatic carbocycles. The highest BCUT2D eigenvalue weighted by atomic mass is 35.5. The minimum Gasteiger partial charge on any atom is -0.466 e. The van der Waals surface area contributed by atoms with E-state index in [1.165, 1.54) is 29.5 Å². The van der Waals surface area contributed by atoms with E-state index >= 15 is 0 Å². The maximum Gasteiger partial charge on any atom is 0.307 e. The van der Waals surface area contributed by atoms with Crippen LogP contribution in [0.4, 0.5) is 4.39 Å². The van der Waals surface area contributed by atoms with Gasteiger partial charge < -0.3 is 9.30 Å². The summed E-state index contributed by atoms with van der Waals surface area (Å²) in [4.78, 5) is 28.6. The molecule has 27 heavy (non-hydrogen) atoms. The zero-order valence-corrected chi connectivity index (χ0v) is 16.0. The smallest absolute Gasteiger partial charge is 0.307 e. The second kappa shape index (κ2) is 8.45. The molecule has 8 heteroatoms. The summed E-state index contributed by atoms with van der Waals surface area (Å²) in [5.41, 5.74) is 0.679. The number of carbonyl (C=O) groups excluding carboxylic acids is 2. The lowest BCUT2D eigenvalue weighted by Gasteiger charge is -2.05. The summed E-state index contributed by atoms with van der Waals surface area (Å²) in [7, 11) is 0. The van der Waals surface area contributed by atoms with Crippen LogP contribution in [0.25, 0.3) is 10.2 Å². The van der Waals surface area contributed by atoms with Crippen LogP contribution in [0, 0.1) is 5.82 Å². The lowest BCUT2D eigenvalue weighted by molar-refractivity contribution is -0.143. The Balaban J connectivity index is 2.05. The van der Waals surface area contributed by atoms with E-state index in [0.29, 0.717) is 16.4 Å². The number of rotatable bonds is 5. The van der Waals surface area contributed by atoms with E-state index in [4.69, 9.17) is 16.3 Å². The van der Waals surface area contributed by atoms with Gasteiger partial charge in [-0.05, 0) is 37.3 Å². The van der Waals surface area contributed by atoms with Crippen LogP contribution < -0.4 is 4.80 Å². The molecule has 0 aliphatic rings. The van der Waals surface area contributed by atoms with Crippen molar-refractivity contribution in [2.24, 2.45) is 4.99 Å². The fraction of sp³-hybridized carbons (Fsp3) is 0.211. The highest BCUT2D eigenvalue weighted by Gasteiger charge is 2.13. The number of amides is 1. The number of benzene rings is 2. The molecule has 3 aromatic rings. The van der Waals surface area contributed by atoms with Crippen LogP contribution in [0.1, 0.15) is 23.7 Å².